The van der Waals surface area contributed by atoms with Gasteiger partial charge in [-0.15, -0.1) is 0 Å². The van der Waals surface area contributed by atoms with Gasteiger partial charge in [0.2, 0.25) is 0 Å². The molecule has 0 atom stereocenters. The summed E-state index contributed by atoms with van der Waals surface area (Å²) in [6.45, 7) is 13.2. The van der Waals surface area contributed by atoms with E-state index in [1.54, 1.807) is 0 Å². The number of aromatic nitrogens is 2. The number of furan rings is 1. The van der Waals surface area contributed by atoms with Crippen LogP contribution in [-0.2, 0) is 5.41 Å². The Morgan fingerprint density at radius 1 is 0.333 bits per heavy atom. The minimum Gasteiger partial charge on any atom is -0.487 e. The summed E-state index contributed by atoms with van der Waals surface area (Å²) < 4.78 is 18.2. The molecule has 3 heterocycles. The van der Waals surface area contributed by atoms with Gasteiger partial charge in [-0.2, -0.15) is 0 Å². The van der Waals surface area contributed by atoms with E-state index in [1.807, 2.05) is 0 Å². The minimum absolute atomic E-state index is 0.0637. The van der Waals surface area contributed by atoms with E-state index < -0.39 is 5.60 Å². The van der Waals surface area contributed by atoms with Gasteiger partial charge < -0.3 is 18.3 Å². The Labute approximate surface area is 420 Å². The summed E-state index contributed by atoms with van der Waals surface area (Å²) >= 11 is 0. The minimum atomic E-state index is -0.394. The lowest BCUT2D eigenvalue weighted by Crippen LogP contribution is -2.24. The maximum Gasteiger partial charge on any atom is 0.135 e. The van der Waals surface area contributed by atoms with E-state index in [2.05, 4.69) is 269 Å². The number of fused-ring (bicyclic) bond motifs is 9. The normalized spacial score (nSPS) is 12.3. The van der Waals surface area contributed by atoms with Gasteiger partial charge in [0.25, 0.3) is 0 Å². The molecule has 0 saturated carbocycles. The zero-order chi connectivity index (χ0) is 48.9. The van der Waals surface area contributed by atoms with Gasteiger partial charge in [-0.25, -0.2) is 0 Å². The molecule has 348 valence electrons. The second-order valence-electron chi connectivity index (χ2n) is 21.3. The molecule has 3 aromatic heterocycles. The summed E-state index contributed by atoms with van der Waals surface area (Å²) in [4.78, 5) is 0. The van der Waals surface area contributed by atoms with Gasteiger partial charge in [-0.05, 0) is 156 Å². The van der Waals surface area contributed by atoms with Crippen LogP contribution in [0.5, 0.6) is 5.75 Å². The van der Waals surface area contributed by atoms with E-state index in [4.69, 9.17) is 9.15 Å². The number of benzene rings is 10. The predicted molar refractivity (Wildman–Crippen MR) is 303 cm³/mol. The standard InChI is InChI=1S/C68H54N2O2/c1-67(2,3)49-41-55(43-17-8-7-9-18-43)66(72-68(4,5)6)56(42-49)44-27-32-50(33-28-44)69-62-26-15-12-23-54(62)57-38-46(29-34-63(57)69)48-31-36-65-59(40-48)58-39-47(30-35-64(58)71-65)45-19-16-20-51(37-45)70-60-24-13-10-21-52(60)53-22-11-14-25-61(53)70/h7-42H,1-6H3. The monoisotopic (exact) mass is 930 g/mol. The molecule has 0 aliphatic heterocycles. The Bertz CT molecular complexity index is 4190. The van der Waals surface area contributed by atoms with Crippen LogP contribution in [-0.4, -0.2) is 14.7 Å². The van der Waals surface area contributed by atoms with Crippen molar-refractivity contribution in [3.05, 3.63) is 224 Å². The first-order valence-electron chi connectivity index (χ1n) is 25.1. The molecule has 72 heavy (non-hydrogen) atoms. The summed E-state index contributed by atoms with van der Waals surface area (Å²) in [5, 5.41) is 7.15. The second-order valence-corrected chi connectivity index (χ2v) is 21.3. The molecule has 13 aromatic rings. The third kappa shape index (κ3) is 7.36. The van der Waals surface area contributed by atoms with Gasteiger partial charge in [0.15, 0.2) is 0 Å². The number of nitrogens with zero attached hydrogens (tertiary/aromatic N) is 2. The molecule has 4 nitrogen and oxygen atoms in total. The molecule has 0 spiro atoms. The van der Waals surface area contributed by atoms with Gasteiger partial charge >= 0.3 is 0 Å². The number of rotatable bonds is 7. The Morgan fingerprint density at radius 2 is 0.764 bits per heavy atom. The van der Waals surface area contributed by atoms with Crippen LogP contribution >= 0.6 is 0 Å². The number of para-hydroxylation sites is 3. The smallest absolute Gasteiger partial charge is 0.135 e. The third-order valence-corrected chi connectivity index (χ3v) is 14.4. The van der Waals surface area contributed by atoms with Crippen LogP contribution < -0.4 is 4.74 Å². The molecule has 10 aromatic carbocycles. The van der Waals surface area contributed by atoms with Crippen molar-refractivity contribution in [3.63, 3.8) is 0 Å². The first kappa shape index (κ1) is 43.4. The Hall–Kier alpha value is -8.60. The summed E-state index contributed by atoms with van der Waals surface area (Å²) in [5.41, 5.74) is 18.6. The summed E-state index contributed by atoms with van der Waals surface area (Å²) in [6, 6.07) is 79.4. The van der Waals surface area contributed by atoms with Crippen molar-refractivity contribution in [2.24, 2.45) is 0 Å². The first-order chi connectivity index (χ1) is 34.9. The first-order valence-corrected chi connectivity index (χ1v) is 25.1. The highest BCUT2D eigenvalue weighted by Crippen LogP contribution is 2.45. The van der Waals surface area contributed by atoms with Crippen molar-refractivity contribution >= 4 is 65.6 Å². The van der Waals surface area contributed by atoms with Crippen molar-refractivity contribution in [2.45, 2.75) is 52.6 Å². The van der Waals surface area contributed by atoms with E-state index in [1.165, 1.54) is 43.7 Å². The average Bonchev–Trinajstić information content (AvgIpc) is 4.05. The molecule has 0 amide bonds. The van der Waals surface area contributed by atoms with Crippen molar-refractivity contribution < 1.29 is 9.15 Å². The maximum absolute atomic E-state index is 6.90. The fourth-order valence-corrected chi connectivity index (χ4v) is 10.9. The number of hydrogen-bond acceptors (Lipinski definition) is 2. The fourth-order valence-electron chi connectivity index (χ4n) is 10.9. The molecule has 0 bridgehead atoms. The average molecular weight is 931 g/mol. The van der Waals surface area contributed by atoms with Crippen molar-refractivity contribution in [3.8, 4) is 61.6 Å². The SMILES string of the molecule is CC(C)(C)Oc1c(-c2ccccc2)cc(C(C)(C)C)cc1-c1ccc(-n2c3ccccc3c3cc(-c4ccc5oc6ccc(-c7cccc(-n8c9ccccc9c9ccccc98)c7)cc6c5c4)ccc32)cc1. The largest absolute Gasteiger partial charge is 0.487 e. The second kappa shape index (κ2) is 16.5. The fraction of sp³-hybridized carbons (Fsp3) is 0.118. The molecule has 0 radical (unpaired) electrons. The molecular formula is C68H54N2O2. The summed E-state index contributed by atoms with van der Waals surface area (Å²) in [6.07, 6.45) is 0. The van der Waals surface area contributed by atoms with Crippen LogP contribution in [0.4, 0.5) is 0 Å². The molecule has 0 fully saturated rings. The lowest BCUT2D eigenvalue weighted by molar-refractivity contribution is 0.132. The van der Waals surface area contributed by atoms with Crippen LogP contribution in [0.2, 0.25) is 0 Å². The molecule has 0 aliphatic rings. The third-order valence-electron chi connectivity index (χ3n) is 14.4. The van der Waals surface area contributed by atoms with Crippen LogP contribution in [0, 0.1) is 0 Å². The van der Waals surface area contributed by atoms with Crippen LogP contribution in [0.25, 0.3) is 121 Å². The Balaban J connectivity index is 0.878. The zero-order valence-electron chi connectivity index (χ0n) is 41.5. The molecular weight excluding hydrogens is 877 g/mol. The van der Waals surface area contributed by atoms with Crippen molar-refractivity contribution in [1.29, 1.82) is 0 Å². The van der Waals surface area contributed by atoms with E-state index in [0.29, 0.717) is 0 Å². The molecule has 4 heteroatoms. The highest BCUT2D eigenvalue weighted by atomic mass is 16.5. The molecule has 0 unspecified atom stereocenters. The van der Waals surface area contributed by atoms with Gasteiger partial charge in [0.1, 0.15) is 22.5 Å². The topological polar surface area (TPSA) is 32.2 Å². The summed E-state index contributed by atoms with van der Waals surface area (Å²) in [7, 11) is 0. The van der Waals surface area contributed by atoms with E-state index in [0.717, 1.165) is 89.1 Å². The lowest BCUT2D eigenvalue weighted by atomic mass is 9.82. The molecule has 13 rings (SSSR count). The molecule has 0 saturated heterocycles. The van der Waals surface area contributed by atoms with Gasteiger partial charge in [-0.3, -0.25) is 0 Å². The van der Waals surface area contributed by atoms with E-state index in [9.17, 15) is 0 Å². The zero-order valence-corrected chi connectivity index (χ0v) is 41.5. The predicted octanol–water partition coefficient (Wildman–Crippen LogP) is 18.9. The van der Waals surface area contributed by atoms with Crippen molar-refractivity contribution in [2.75, 3.05) is 0 Å². The number of ether oxygens (including phenoxy) is 1. The van der Waals surface area contributed by atoms with Gasteiger partial charge in [0.05, 0.1) is 22.1 Å². The van der Waals surface area contributed by atoms with E-state index in [-0.39, 0.29) is 5.41 Å². The highest BCUT2D eigenvalue weighted by molar-refractivity contribution is 6.12. The number of hydrogen-bond donors (Lipinski definition) is 0. The maximum atomic E-state index is 6.90. The Morgan fingerprint density at radius 3 is 1.32 bits per heavy atom. The van der Waals surface area contributed by atoms with Gasteiger partial charge in [0, 0.05) is 54.8 Å². The van der Waals surface area contributed by atoms with Crippen LogP contribution in [0.1, 0.15) is 47.1 Å². The molecule has 0 aliphatic carbocycles. The molecule has 0 N–H and O–H groups in total. The highest BCUT2D eigenvalue weighted by Gasteiger charge is 2.25. The summed E-state index contributed by atoms with van der Waals surface area (Å²) in [5.74, 6) is 0.905. The van der Waals surface area contributed by atoms with Crippen LogP contribution in [0.15, 0.2) is 223 Å². The van der Waals surface area contributed by atoms with Crippen LogP contribution in [0.3, 0.4) is 0 Å². The van der Waals surface area contributed by atoms with E-state index >= 15 is 0 Å². The van der Waals surface area contributed by atoms with Crippen molar-refractivity contribution in [1.82, 2.24) is 9.13 Å². The Kier molecular flexibility index (Phi) is 9.95. The van der Waals surface area contributed by atoms with Gasteiger partial charge in [-0.1, -0.05) is 148 Å². The quantitative estimate of drug-likeness (QED) is 0.159. The lowest BCUT2D eigenvalue weighted by Gasteiger charge is -2.29.